The number of guanidine groups is 1. The normalized spacial score (nSPS) is 19.7. The lowest BCUT2D eigenvalue weighted by atomic mass is 10.1. The van der Waals surface area contributed by atoms with Crippen LogP contribution in [0.1, 0.15) is 31.5 Å². The smallest absolute Gasteiger partial charge is 0.192 e. The predicted octanol–water partition coefficient (Wildman–Crippen LogP) is 0.782. The van der Waals surface area contributed by atoms with Gasteiger partial charge in [-0.15, -0.1) is 0 Å². The van der Waals surface area contributed by atoms with E-state index in [9.17, 15) is 0 Å². The van der Waals surface area contributed by atoms with Gasteiger partial charge in [-0.05, 0) is 13.8 Å². The largest absolute Gasteiger partial charge is 0.383 e. The van der Waals surface area contributed by atoms with Crippen molar-refractivity contribution in [3.8, 4) is 0 Å². The van der Waals surface area contributed by atoms with Crippen LogP contribution >= 0.6 is 0 Å². The highest BCUT2D eigenvalue weighted by Gasteiger charge is 2.28. The van der Waals surface area contributed by atoms with E-state index in [0.29, 0.717) is 25.2 Å². The molecule has 1 aromatic heterocycles. The van der Waals surface area contributed by atoms with Gasteiger partial charge in [0, 0.05) is 31.5 Å². The summed E-state index contributed by atoms with van der Waals surface area (Å²) in [5.74, 6) is 0.592. The van der Waals surface area contributed by atoms with Crippen molar-refractivity contribution in [2.75, 3.05) is 26.8 Å². The van der Waals surface area contributed by atoms with Gasteiger partial charge < -0.3 is 15.4 Å². The fourth-order valence-electron chi connectivity index (χ4n) is 2.08. The summed E-state index contributed by atoms with van der Waals surface area (Å²) in [6.07, 6.45) is 3.97. The number of rotatable bonds is 5. The van der Waals surface area contributed by atoms with E-state index in [4.69, 9.17) is 10.5 Å². The Bertz CT molecular complexity index is 426. The maximum atomic E-state index is 5.91. The summed E-state index contributed by atoms with van der Waals surface area (Å²) in [4.78, 5) is 6.38. The Morgan fingerprint density at radius 1 is 1.56 bits per heavy atom. The highest BCUT2D eigenvalue weighted by Crippen LogP contribution is 2.25. The third-order valence-electron chi connectivity index (χ3n) is 3.17. The lowest BCUT2D eigenvalue weighted by molar-refractivity contribution is 0.166. The van der Waals surface area contributed by atoms with Crippen LogP contribution in [0.2, 0.25) is 0 Å². The first-order valence-corrected chi connectivity index (χ1v) is 6.23. The molecule has 0 aliphatic carbocycles. The average molecular weight is 251 g/mol. The fraction of sp³-hybridized carbons (Fsp3) is 0.667. The summed E-state index contributed by atoms with van der Waals surface area (Å²) in [7, 11) is 1.69. The van der Waals surface area contributed by atoms with Crippen molar-refractivity contribution in [2.45, 2.75) is 25.9 Å². The Morgan fingerprint density at radius 3 is 2.94 bits per heavy atom. The van der Waals surface area contributed by atoms with Crippen LogP contribution in [0.4, 0.5) is 0 Å². The van der Waals surface area contributed by atoms with E-state index in [-0.39, 0.29) is 6.04 Å². The average Bonchev–Trinajstić information content (AvgIpc) is 2.93. The zero-order valence-corrected chi connectivity index (χ0v) is 11.2. The van der Waals surface area contributed by atoms with Crippen LogP contribution < -0.4 is 5.73 Å². The number of methoxy groups -OCH3 is 1. The molecule has 0 spiro atoms. The maximum Gasteiger partial charge on any atom is 0.192 e. The number of hydrogen-bond donors (Lipinski definition) is 1. The number of nitrogens with two attached hydrogens (primary N) is 1. The molecule has 18 heavy (non-hydrogen) atoms. The first-order valence-electron chi connectivity index (χ1n) is 6.23. The molecule has 1 aliphatic heterocycles. The number of aromatic nitrogens is 2. The Balaban J connectivity index is 2.11. The molecule has 2 heterocycles. The van der Waals surface area contributed by atoms with E-state index in [2.05, 4.69) is 35.0 Å². The monoisotopic (exact) mass is 251 g/mol. The van der Waals surface area contributed by atoms with Gasteiger partial charge in [0.25, 0.3) is 0 Å². The minimum Gasteiger partial charge on any atom is -0.383 e. The van der Waals surface area contributed by atoms with Gasteiger partial charge in [-0.2, -0.15) is 5.10 Å². The van der Waals surface area contributed by atoms with Crippen LogP contribution in [-0.2, 0) is 4.74 Å². The molecule has 6 nitrogen and oxygen atoms in total. The van der Waals surface area contributed by atoms with Gasteiger partial charge in [0.1, 0.15) is 0 Å². The standard InChI is InChI=1S/C12H21N5O/c1-9(2)17-8-10(6-15-17)11-7-14-12(13)16(11)4-5-18-3/h6,8-9,11H,4-5,7H2,1-3H3,(H2,13,14). The number of nitrogens with zero attached hydrogens (tertiary/aromatic N) is 4. The molecule has 1 unspecified atom stereocenters. The molecule has 1 atom stereocenters. The van der Waals surface area contributed by atoms with Gasteiger partial charge >= 0.3 is 0 Å². The third-order valence-corrected chi connectivity index (χ3v) is 3.17. The molecule has 0 fully saturated rings. The SMILES string of the molecule is COCCN1C(N)=NCC1c1cnn(C(C)C)c1. The summed E-state index contributed by atoms with van der Waals surface area (Å²) >= 11 is 0. The van der Waals surface area contributed by atoms with Gasteiger partial charge in [0.15, 0.2) is 5.96 Å². The summed E-state index contributed by atoms with van der Waals surface area (Å²) < 4.78 is 7.06. The third kappa shape index (κ3) is 2.48. The molecular weight excluding hydrogens is 230 g/mol. The van der Waals surface area contributed by atoms with Crippen LogP contribution in [0.25, 0.3) is 0 Å². The van der Waals surface area contributed by atoms with Crippen molar-refractivity contribution in [3.63, 3.8) is 0 Å². The molecule has 0 bridgehead atoms. The minimum absolute atomic E-state index is 0.188. The quantitative estimate of drug-likeness (QED) is 0.839. The van der Waals surface area contributed by atoms with Crippen molar-refractivity contribution in [1.29, 1.82) is 0 Å². The summed E-state index contributed by atoms with van der Waals surface area (Å²) in [5.41, 5.74) is 7.06. The van der Waals surface area contributed by atoms with Crippen molar-refractivity contribution in [1.82, 2.24) is 14.7 Å². The molecule has 2 N–H and O–H groups in total. The number of ether oxygens (including phenoxy) is 1. The second-order valence-electron chi connectivity index (χ2n) is 4.75. The van der Waals surface area contributed by atoms with Crippen LogP contribution in [0.15, 0.2) is 17.4 Å². The van der Waals surface area contributed by atoms with Crippen LogP contribution in [0.3, 0.4) is 0 Å². The van der Waals surface area contributed by atoms with Gasteiger partial charge in [-0.3, -0.25) is 9.67 Å². The van der Waals surface area contributed by atoms with E-state index in [1.807, 2.05) is 10.9 Å². The van der Waals surface area contributed by atoms with Gasteiger partial charge in [-0.25, -0.2) is 0 Å². The number of hydrogen-bond acceptors (Lipinski definition) is 5. The molecule has 6 heteroatoms. The molecule has 1 aliphatic rings. The van der Waals surface area contributed by atoms with Gasteiger partial charge in [0.2, 0.25) is 0 Å². The molecule has 0 amide bonds. The first-order chi connectivity index (χ1) is 8.63. The van der Waals surface area contributed by atoms with Crippen LogP contribution in [0, 0.1) is 0 Å². The highest BCUT2D eigenvalue weighted by atomic mass is 16.5. The van der Waals surface area contributed by atoms with E-state index >= 15 is 0 Å². The molecule has 0 saturated carbocycles. The molecule has 100 valence electrons. The molecule has 0 saturated heterocycles. The Hall–Kier alpha value is -1.56. The maximum absolute atomic E-state index is 5.91. The number of aliphatic imine (C=N–C) groups is 1. The summed E-state index contributed by atoms with van der Waals surface area (Å²) in [5, 5.41) is 4.37. The van der Waals surface area contributed by atoms with E-state index in [1.54, 1.807) is 7.11 Å². The van der Waals surface area contributed by atoms with Gasteiger partial charge in [-0.1, -0.05) is 0 Å². The van der Waals surface area contributed by atoms with Crippen molar-refractivity contribution >= 4 is 5.96 Å². The Morgan fingerprint density at radius 2 is 2.33 bits per heavy atom. The second kappa shape index (κ2) is 5.39. The zero-order chi connectivity index (χ0) is 13.1. The summed E-state index contributed by atoms with van der Waals surface area (Å²) in [6, 6.07) is 0.554. The van der Waals surface area contributed by atoms with Crippen LogP contribution in [0.5, 0.6) is 0 Å². The van der Waals surface area contributed by atoms with Crippen molar-refractivity contribution in [2.24, 2.45) is 10.7 Å². The van der Waals surface area contributed by atoms with E-state index in [0.717, 1.165) is 12.1 Å². The fourth-order valence-corrected chi connectivity index (χ4v) is 2.08. The van der Waals surface area contributed by atoms with Crippen molar-refractivity contribution < 1.29 is 4.74 Å². The summed E-state index contributed by atoms with van der Waals surface area (Å²) in [6.45, 7) is 6.31. The van der Waals surface area contributed by atoms with E-state index in [1.165, 1.54) is 0 Å². The first kappa shape index (κ1) is 12.9. The van der Waals surface area contributed by atoms with E-state index < -0.39 is 0 Å². The Kier molecular flexibility index (Phi) is 3.86. The highest BCUT2D eigenvalue weighted by molar-refractivity contribution is 5.80. The molecule has 1 aromatic rings. The lowest BCUT2D eigenvalue weighted by Gasteiger charge is -2.25. The predicted molar refractivity (Wildman–Crippen MR) is 70.4 cm³/mol. The minimum atomic E-state index is 0.188. The second-order valence-corrected chi connectivity index (χ2v) is 4.75. The zero-order valence-electron chi connectivity index (χ0n) is 11.2. The molecule has 2 rings (SSSR count). The van der Waals surface area contributed by atoms with Gasteiger partial charge in [0.05, 0.1) is 25.4 Å². The lowest BCUT2D eigenvalue weighted by Crippen LogP contribution is -2.38. The van der Waals surface area contributed by atoms with Crippen molar-refractivity contribution in [3.05, 3.63) is 18.0 Å². The van der Waals surface area contributed by atoms with Crippen LogP contribution in [-0.4, -0.2) is 47.4 Å². The molecular formula is C12H21N5O. The Labute approximate surface area is 107 Å². The molecule has 0 aromatic carbocycles. The topological polar surface area (TPSA) is 68.7 Å². The molecule has 0 radical (unpaired) electrons.